The average Bonchev–Trinajstić information content (AvgIpc) is 2.31. The van der Waals surface area contributed by atoms with Crippen molar-refractivity contribution in [1.29, 1.82) is 0 Å². The molecule has 1 aliphatic heterocycles. The van der Waals surface area contributed by atoms with Gasteiger partial charge < -0.3 is 4.90 Å². The van der Waals surface area contributed by atoms with Gasteiger partial charge in [-0.15, -0.1) is 6.42 Å². The van der Waals surface area contributed by atoms with Gasteiger partial charge in [0.25, 0.3) is 0 Å². The van der Waals surface area contributed by atoms with Crippen molar-refractivity contribution in [3.8, 4) is 12.3 Å². The lowest BCUT2D eigenvalue weighted by Gasteiger charge is -2.35. The topological polar surface area (TPSA) is 6.48 Å². The van der Waals surface area contributed by atoms with Gasteiger partial charge in [-0.1, -0.05) is 24.1 Å². The van der Waals surface area contributed by atoms with Crippen molar-refractivity contribution < 1.29 is 0 Å². The number of para-hydroxylation sites is 1. The molecule has 1 fully saturated rings. The number of nitrogens with zero attached hydrogens (tertiary/aromatic N) is 2. The van der Waals surface area contributed by atoms with E-state index in [0.717, 1.165) is 32.7 Å². The van der Waals surface area contributed by atoms with Crippen LogP contribution in [-0.2, 0) is 0 Å². The first kappa shape index (κ1) is 11.0. The van der Waals surface area contributed by atoms with Crippen LogP contribution in [0.4, 0.5) is 5.69 Å². The van der Waals surface area contributed by atoms with Crippen LogP contribution in [0.25, 0.3) is 0 Å². The fraction of sp³-hybridized carbons (Fsp3) is 0.429. The number of benzene rings is 1. The van der Waals surface area contributed by atoms with Crippen molar-refractivity contribution in [2.75, 3.05) is 37.6 Å². The lowest BCUT2D eigenvalue weighted by Crippen LogP contribution is -2.46. The minimum atomic E-state index is 0.779. The second kappa shape index (κ2) is 5.05. The molecule has 1 heterocycles. The van der Waals surface area contributed by atoms with Gasteiger partial charge >= 0.3 is 0 Å². The molecular weight excluding hydrogens is 196 g/mol. The van der Waals surface area contributed by atoms with Gasteiger partial charge in [-0.05, 0) is 18.6 Å². The maximum absolute atomic E-state index is 5.32. The fourth-order valence-corrected chi connectivity index (χ4v) is 2.19. The summed E-state index contributed by atoms with van der Waals surface area (Å²) in [5, 5.41) is 0. The van der Waals surface area contributed by atoms with Crippen molar-refractivity contribution in [3.05, 3.63) is 29.8 Å². The molecule has 0 radical (unpaired) electrons. The molecule has 1 aliphatic rings. The van der Waals surface area contributed by atoms with Crippen LogP contribution in [0, 0.1) is 19.3 Å². The Bertz CT molecular complexity index is 384. The number of piperazine rings is 1. The molecule has 1 aromatic carbocycles. The number of rotatable bonds is 2. The standard InChI is InChI=1S/C14H18N2/c1-3-8-15-9-11-16(12-10-15)14-7-5-4-6-13(14)2/h1,4-7H,8-12H2,2H3. The number of hydrogen-bond donors (Lipinski definition) is 0. The Kier molecular flexibility index (Phi) is 3.48. The van der Waals surface area contributed by atoms with Gasteiger partial charge in [-0.3, -0.25) is 4.90 Å². The first-order chi connectivity index (χ1) is 7.81. The number of terminal acetylenes is 1. The molecule has 16 heavy (non-hydrogen) atoms. The highest BCUT2D eigenvalue weighted by Crippen LogP contribution is 2.20. The van der Waals surface area contributed by atoms with E-state index in [9.17, 15) is 0 Å². The number of aryl methyl sites for hydroxylation is 1. The summed E-state index contributed by atoms with van der Waals surface area (Å²) in [4.78, 5) is 4.77. The molecule has 0 spiro atoms. The minimum absolute atomic E-state index is 0.779. The third-order valence-electron chi connectivity index (χ3n) is 3.14. The summed E-state index contributed by atoms with van der Waals surface area (Å²) in [6.07, 6.45) is 5.32. The monoisotopic (exact) mass is 214 g/mol. The van der Waals surface area contributed by atoms with Crippen molar-refractivity contribution >= 4 is 5.69 Å². The summed E-state index contributed by atoms with van der Waals surface area (Å²) in [5.74, 6) is 2.71. The van der Waals surface area contributed by atoms with Crippen LogP contribution in [0.5, 0.6) is 0 Å². The van der Waals surface area contributed by atoms with Gasteiger partial charge in [-0.2, -0.15) is 0 Å². The molecule has 0 N–H and O–H groups in total. The highest BCUT2D eigenvalue weighted by molar-refractivity contribution is 5.53. The predicted octanol–water partition coefficient (Wildman–Crippen LogP) is 1.75. The summed E-state index contributed by atoms with van der Waals surface area (Å²) in [6, 6.07) is 8.57. The van der Waals surface area contributed by atoms with Crippen LogP contribution >= 0.6 is 0 Å². The third kappa shape index (κ3) is 2.37. The number of hydrogen-bond acceptors (Lipinski definition) is 2. The first-order valence-corrected chi connectivity index (χ1v) is 5.77. The normalized spacial score (nSPS) is 17.1. The molecular formula is C14H18N2. The predicted molar refractivity (Wildman–Crippen MR) is 68.7 cm³/mol. The molecule has 0 aliphatic carbocycles. The molecule has 2 heteroatoms. The summed E-state index contributed by atoms with van der Waals surface area (Å²) < 4.78 is 0. The second-order valence-corrected chi connectivity index (χ2v) is 4.25. The maximum Gasteiger partial charge on any atom is 0.0600 e. The highest BCUT2D eigenvalue weighted by atomic mass is 15.3. The van der Waals surface area contributed by atoms with Gasteiger partial charge in [0.15, 0.2) is 0 Å². The Hall–Kier alpha value is -1.46. The summed E-state index contributed by atoms with van der Waals surface area (Å²) >= 11 is 0. The Morgan fingerprint density at radius 2 is 1.88 bits per heavy atom. The lowest BCUT2D eigenvalue weighted by atomic mass is 10.1. The molecule has 0 saturated carbocycles. The van der Waals surface area contributed by atoms with Crippen molar-refractivity contribution in [3.63, 3.8) is 0 Å². The van der Waals surface area contributed by atoms with Crippen molar-refractivity contribution in [2.45, 2.75) is 6.92 Å². The van der Waals surface area contributed by atoms with Crippen LogP contribution in [0.15, 0.2) is 24.3 Å². The van der Waals surface area contributed by atoms with E-state index >= 15 is 0 Å². The molecule has 1 aromatic rings. The Morgan fingerprint density at radius 3 is 2.50 bits per heavy atom. The molecule has 0 unspecified atom stereocenters. The van der Waals surface area contributed by atoms with E-state index in [1.807, 2.05) is 0 Å². The van der Waals surface area contributed by atoms with Gasteiger partial charge in [0.1, 0.15) is 0 Å². The highest BCUT2D eigenvalue weighted by Gasteiger charge is 2.16. The summed E-state index contributed by atoms with van der Waals surface area (Å²) in [7, 11) is 0. The smallest absolute Gasteiger partial charge is 0.0600 e. The average molecular weight is 214 g/mol. The molecule has 2 rings (SSSR count). The van der Waals surface area contributed by atoms with Crippen LogP contribution in [0.3, 0.4) is 0 Å². The SMILES string of the molecule is C#CCN1CCN(c2ccccc2C)CC1. The van der Waals surface area contributed by atoms with Crippen LogP contribution in [0.1, 0.15) is 5.56 Å². The molecule has 1 saturated heterocycles. The van der Waals surface area contributed by atoms with Crippen molar-refractivity contribution in [2.24, 2.45) is 0 Å². The first-order valence-electron chi connectivity index (χ1n) is 5.77. The molecule has 0 atom stereocenters. The van der Waals surface area contributed by atoms with Gasteiger partial charge in [0.05, 0.1) is 6.54 Å². The van der Waals surface area contributed by atoms with E-state index in [1.54, 1.807) is 0 Å². The third-order valence-corrected chi connectivity index (χ3v) is 3.14. The van der Waals surface area contributed by atoms with Crippen LogP contribution < -0.4 is 4.90 Å². The maximum atomic E-state index is 5.32. The quantitative estimate of drug-likeness (QED) is 0.692. The van der Waals surface area contributed by atoms with E-state index in [4.69, 9.17) is 6.42 Å². The fourth-order valence-electron chi connectivity index (χ4n) is 2.19. The Balaban J connectivity index is 2.00. The van der Waals surface area contributed by atoms with E-state index in [2.05, 4.69) is 46.9 Å². The summed E-state index contributed by atoms with van der Waals surface area (Å²) in [5.41, 5.74) is 2.72. The zero-order valence-electron chi connectivity index (χ0n) is 9.82. The van der Waals surface area contributed by atoms with Gasteiger partial charge in [-0.25, -0.2) is 0 Å². The van der Waals surface area contributed by atoms with E-state index < -0.39 is 0 Å². The van der Waals surface area contributed by atoms with E-state index in [0.29, 0.717) is 0 Å². The van der Waals surface area contributed by atoms with Gasteiger partial charge in [0.2, 0.25) is 0 Å². The molecule has 84 valence electrons. The van der Waals surface area contributed by atoms with Crippen LogP contribution in [-0.4, -0.2) is 37.6 Å². The largest absolute Gasteiger partial charge is 0.369 e. The molecule has 0 bridgehead atoms. The molecule has 0 amide bonds. The second-order valence-electron chi connectivity index (χ2n) is 4.25. The van der Waals surface area contributed by atoms with Crippen molar-refractivity contribution in [1.82, 2.24) is 4.90 Å². The Morgan fingerprint density at radius 1 is 1.19 bits per heavy atom. The Labute approximate surface area is 97.9 Å². The molecule has 2 nitrogen and oxygen atoms in total. The summed E-state index contributed by atoms with van der Waals surface area (Å²) in [6.45, 7) is 7.24. The zero-order chi connectivity index (χ0) is 11.4. The van der Waals surface area contributed by atoms with Gasteiger partial charge in [0, 0.05) is 31.9 Å². The molecule has 0 aromatic heterocycles. The van der Waals surface area contributed by atoms with E-state index in [-0.39, 0.29) is 0 Å². The number of anilines is 1. The van der Waals surface area contributed by atoms with E-state index in [1.165, 1.54) is 11.3 Å². The van der Waals surface area contributed by atoms with Crippen LogP contribution in [0.2, 0.25) is 0 Å². The zero-order valence-corrected chi connectivity index (χ0v) is 9.82. The lowest BCUT2D eigenvalue weighted by molar-refractivity contribution is 0.288. The minimum Gasteiger partial charge on any atom is -0.369 e.